The topological polar surface area (TPSA) is 38.1 Å². The molecule has 0 atom stereocenters. The van der Waals surface area contributed by atoms with E-state index in [4.69, 9.17) is 4.42 Å². The van der Waals surface area contributed by atoms with Gasteiger partial charge < -0.3 is 9.73 Å². The van der Waals surface area contributed by atoms with Crippen LogP contribution in [-0.2, 0) is 18.4 Å². The zero-order chi connectivity index (χ0) is 13.2. The lowest BCUT2D eigenvalue weighted by Gasteiger charge is -2.14. The third-order valence-corrected chi connectivity index (χ3v) is 3.56. The lowest BCUT2D eigenvalue weighted by atomic mass is 9.93. The number of nitrogens with zero attached hydrogens (tertiary/aromatic N) is 1. The molecule has 2 rings (SSSR count). The van der Waals surface area contributed by atoms with Crippen molar-refractivity contribution >= 4 is 11.3 Å². The van der Waals surface area contributed by atoms with E-state index in [-0.39, 0.29) is 5.41 Å². The van der Waals surface area contributed by atoms with Crippen molar-refractivity contribution in [3.8, 4) is 0 Å². The van der Waals surface area contributed by atoms with Gasteiger partial charge in [0.15, 0.2) is 0 Å². The fraction of sp³-hybridized carbons (Fsp3) is 0.500. The summed E-state index contributed by atoms with van der Waals surface area (Å²) >= 11 is 1.71. The lowest BCUT2D eigenvalue weighted by Crippen LogP contribution is -2.11. The predicted octanol–water partition coefficient (Wildman–Crippen LogP) is 3.34. The molecule has 0 aliphatic rings. The van der Waals surface area contributed by atoms with Gasteiger partial charge in [-0.25, -0.2) is 4.98 Å². The van der Waals surface area contributed by atoms with Crippen LogP contribution in [0.25, 0.3) is 0 Å². The normalized spacial score (nSPS) is 12.0. The van der Waals surface area contributed by atoms with Gasteiger partial charge in [0, 0.05) is 10.8 Å². The highest BCUT2D eigenvalue weighted by Gasteiger charge is 2.17. The molecule has 2 aromatic heterocycles. The van der Waals surface area contributed by atoms with Crippen LogP contribution < -0.4 is 5.32 Å². The van der Waals surface area contributed by atoms with Crippen LogP contribution >= 0.6 is 11.3 Å². The number of furan rings is 1. The Hall–Kier alpha value is -1.13. The highest BCUT2D eigenvalue weighted by atomic mass is 32.1. The van der Waals surface area contributed by atoms with Gasteiger partial charge in [-0.15, -0.1) is 11.3 Å². The second-order valence-electron chi connectivity index (χ2n) is 5.45. The molecule has 4 heteroatoms. The summed E-state index contributed by atoms with van der Waals surface area (Å²) in [6.45, 7) is 7.32. The van der Waals surface area contributed by atoms with Crippen LogP contribution in [0.4, 0.5) is 0 Å². The number of nitrogens with one attached hydrogen (secondary N) is 1. The molecule has 0 amide bonds. The predicted molar refractivity (Wildman–Crippen MR) is 75.1 cm³/mol. The fourth-order valence-electron chi connectivity index (χ4n) is 1.67. The van der Waals surface area contributed by atoms with Gasteiger partial charge in [-0.05, 0) is 19.2 Å². The van der Waals surface area contributed by atoms with Gasteiger partial charge in [-0.3, -0.25) is 0 Å². The van der Waals surface area contributed by atoms with Crippen LogP contribution in [0, 0.1) is 0 Å². The van der Waals surface area contributed by atoms with Gasteiger partial charge in [0.25, 0.3) is 0 Å². The van der Waals surface area contributed by atoms with E-state index in [1.54, 1.807) is 11.3 Å². The Labute approximate surface area is 112 Å². The Morgan fingerprint density at radius 3 is 2.61 bits per heavy atom. The summed E-state index contributed by atoms with van der Waals surface area (Å²) < 4.78 is 5.73. The second-order valence-corrected chi connectivity index (χ2v) is 6.39. The van der Waals surface area contributed by atoms with E-state index in [9.17, 15) is 0 Å². The van der Waals surface area contributed by atoms with Crippen molar-refractivity contribution in [2.24, 2.45) is 0 Å². The Kier molecular flexibility index (Phi) is 3.88. The molecule has 0 saturated carbocycles. The van der Waals surface area contributed by atoms with E-state index in [0.717, 1.165) is 35.2 Å². The van der Waals surface area contributed by atoms with Crippen molar-refractivity contribution in [2.45, 2.75) is 39.2 Å². The minimum absolute atomic E-state index is 0.120. The molecule has 0 aliphatic heterocycles. The number of hydrogen-bond donors (Lipinski definition) is 1. The van der Waals surface area contributed by atoms with Crippen LogP contribution in [-0.4, -0.2) is 12.0 Å². The molecular weight excluding hydrogens is 244 g/mol. The molecule has 0 aromatic carbocycles. The summed E-state index contributed by atoms with van der Waals surface area (Å²) in [6, 6.07) is 4.05. The summed E-state index contributed by atoms with van der Waals surface area (Å²) in [5.41, 5.74) is 1.28. The van der Waals surface area contributed by atoms with Crippen molar-refractivity contribution < 1.29 is 4.42 Å². The first-order chi connectivity index (χ1) is 8.49. The van der Waals surface area contributed by atoms with E-state index in [0.29, 0.717) is 0 Å². The number of rotatable bonds is 4. The fourth-order valence-corrected chi connectivity index (χ4v) is 2.70. The largest absolute Gasteiger partial charge is 0.464 e. The summed E-state index contributed by atoms with van der Waals surface area (Å²) in [7, 11) is 1.92. The standard InChI is InChI=1S/C14H20N2OS/c1-14(2,3)12-9-18-13(16-12)7-10-5-6-11(17-10)8-15-4/h5-6,9,15H,7-8H2,1-4H3. The van der Waals surface area contributed by atoms with Gasteiger partial charge >= 0.3 is 0 Å². The molecule has 0 fully saturated rings. The number of hydrogen-bond acceptors (Lipinski definition) is 4. The SMILES string of the molecule is CNCc1ccc(Cc2nc(C(C)(C)C)cs2)o1. The first-order valence-electron chi connectivity index (χ1n) is 6.16. The third-order valence-electron chi connectivity index (χ3n) is 2.71. The average Bonchev–Trinajstić information content (AvgIpc) is 2.88. The van der Waals surface area contributed by atoms with Crippen molar-refractivity contribution in [3.05, 3.63) is 39.7 Å². The molecular formula is C14H20N2OS. The maximum absolute atomic E-state index is 5.73. The highest BCUT2D eigenvalue weighted by molar-refractivity contribution is 7.09. The highest BCUT2D eigenvalue weighted by Crippen LogP contribution is 2.25. The van der Waals surface area contributed by atoms with Crippen LogP contribution in [0.5, 0.6) is 0 Å². The van der Waals surface area contributed by atoms with Gasteiger partial charge in [-0.2, -0.15) is 0 Å². The Balaban J connectivity index is 2.06. The average molecular weight is 264 g/mol. The first-order valence-corrected chi connectivity index (χ1v) is 7.04. The van der Waals surface area contributed by atoms with E-state index < -0.39 is 0 Å². The van der Waals surface area contributed by atoms with Crippen molar-refractivity contribution in [1.29, 1.82) is 0 Å². The number of thiazole rings is 1. The molecule has 98 valence electrons. The molecule has 2 aromatic rings. The number of aromatic nitrogens is 1. The van der Waals surface area contributed by atoms with E-state index in [1.165, 1.54) is 0 Å². The smallest absolute Gasteiger partial charge is 0.117 e. The Morgan fingerprint density at radius 1 is 1.28 bits per heavy atom. The zero-order valence-electron chi connectivity index (χ0n) is 11.4. The van der Waals surface area contributed by atoms with Crippen LogP contribution in [0.15, 0.2) is 21.9 Å². The summed E-state index contributed by atoms with van der Waals surface area (Å²) in [6.07, 6.45) is 0.782. The lowest BCUT2D eigenvalue weighted by molar-refractivity contribution is 0.461. The molecule has 0 spiro atoms. The molecule has 2 heterocycles. The van der Waals surface area contributed by atoms with Gasteiger partial charge in [0.05, 0.1) is 18.7 Å². The van der Waals surface area contributed by atoms with Crippen molar-refractivity contribution in [2.75, 3.05) is 7.05 Å². The van der Waals surface area contributed by atoms with Gasteiger partial charge in [0.2, 0.25) is 0 Å². The maximum atomic E-state index is 5.73. The van der Waals surface area contributed by atoms with Crippen LogP contribution in [0.3, 0.4) is 0 Å². The maximum Gasteiger partial charge on any atom is 0.117 e. The second kappa shape index (κ2) is 5.24. The van der Waals surface area contributed by atoms with Gasteiger partial charge in [0.1, 0.15) is 16.5 Å². The third kappa shape index (κ3) is 3.21. The molecule has 0 aliphatic carbocycles. The van der Waals surface area contributed by atoms with Crippen LogP contribution in [0.2, 0.25) is 0 Å². The minimum Gasteiger partial charge on any atom is -0.464 e. The minimum atomic E-state index is 0.120. The van der Waals surface area contributed by atoms with Crippen LogP contribution in [0.1, 0.15) is 43.0 Å². The van der Waals surface area contributed by atoms with E-state index in [1.807, 2.05) is 19.2 Å². The quantitative estimate of drug-likeness (QED) is 0.920. The molecule has 0 saturated heterocycles. The summed E-state index contributed by atoms with van der Waals surface area (Å²) in [5.74, 6) is 1.95. The van der Waals surface area contributed by atoms with Crippen molar-refractivity contribution in [3.63, 3.8) is 0 Å². The first kappa shape index (κ1) is 13.3. The molecule has 0 bridgehead atoms. The summed E-state index contributed by atoms with van der Waals surface area (Å²) in [4.78, 5) is 4.67. The van der Waals surface area contributed by atoms with E-state index in [2.05, 4.69) is 36.5 Å². The van der Waals surface area contributed by atoms with Gasteiger partial charge in [-0.1, -0.05) is 20.8 Å². The summed E-state index contributed by atoms with van der Waals surface area (Å²) in [5, 5.41) is 6.34. The Morgan fingerprint density at radius 2 is 2.00 bits per heavy atom. The molecule has 0 unspecified atom stereocenters. The molecule has 1 N–H and O–H groups in total. The zero-order valence-corrected chi connectivity index (χ0v) is 12.2. The molecule has 18 heavy (non-hydrogen) atoms. The van der Waals surface area contributed by atoms with Crippen molar-refractivity contribution in [1.82, 2.24) is 10.3 Å². The van der Waals surface area contributed by atoms with E-state index >= 15 is 0 Å². The monoisotopic (exact) mass is 264 g/mol. The molecule has 3 nitrogen and oxygen atoms in total. The Bertz CT molecular complexity index is 508. The molecule has 0 radical (unpaired) electrons.